The van der Waals surface area contributed by atoms with Gasteiger partial charge in [0.05, 0.1) is 13.0 Å². The minimum atomic E-state index is -0.934. The molecule has 33 heavy (non-hydrogen) atoms. The summed E-state index contributed by atoms with van der Waals surface area (Å²) in [6.07, 6.45) is 2.26. The molecule has 0 aliphatic carbocycles. The second kappa shape index (κ2) is 12.2. The fourth-order valence-electron chi connectivity index (χ4n) is 4.32. The van der Waals surface area contributed by atoms with Crippen molar-refractivity contribution in [2.24, 2.45) is 16.8 Å². The molecule has 1 aromatic carbocycles. The predicted molar refractivity (Wildman–Crippen MR) is 126 cm³/mol. The first kappa shape index (κ1) is 24.5. The van der Waals surface area contributed by atoms with E-state index in [0.717, 1.165) is 31.0 Å². The SMILES string of the molecule is CC(CCNC1=NCCN1)C(=O)N1CCC(C(=O)NC(CC(=O)O)Cc2ccccc2)CC1. The number of carbonyl (C=O) groups excluding carboxylic acids is 2. The quantitative estimate of drug-likeness (QED) is 0.416. The number of amides is 2. The maximum absolute atomic E-state index is 12.8. The van der Waals surface area contributed by atoms with Crippen LogP contribution in [0.4, 0.5) is 0 Å². The average molecular weight is 458 g/mol. The topological polar surface area (TPSA) is 123 Å². The molecule has 180 valence electrons. The number of hydrogen-bond donors (Lipinski definition) is 4. The normalized spacial score (nSPS) is 18.1. The molecule has 0 spiro atoms. The minimum absolute atomic E-state index is 0.101. The lowest BCUT2D eigenvalue weighted by Crippen LogP contribution is -2.47. The van der Waals surface area contributed by atoms with E-state index >= 15 is 0 Å². The van der Waals surface area contributed by atoms with E-state index in [4.69, 9.17) is 0 Å². The summed E-state index contributed by atoms with van der Waals surface area (Å²) in [5, 5.41) is 18.5. The fourth-order valence-corrected chi connectivity index (χ4v) is 4.32. The first-order chi connectivity index (χ1) is 15.9. The summed E-state index contributed by atoms with van der Waals surface area (Å²) >= 11 is 0. The molecule has 2 atom stereocenters. The monoisotopic (exact) mass is 457 g/mol. The third kappa shape index (κ3) is 7.76. The lowest BCUT2D eigenvalue weighted by Gasteiger charge is -2.33. The van der Waals surface area contributed by atoms with Crippen molar-refractivity contribution in [3.63, 3.8) is 0 Å². The van der Waals surface area contributed by atoms with E-state index in [0.29, 0.717) is 38.9 Å². The number of nitrogens with zero attached hydrogens (tertiary/aromatic N) is 2. The molecule has 1 aromatic rings. The Balaban J connectivity index is 1.42. The van der Waals surface area contributed by atoms with Gasteiger partial charge >= 0.3 is 5.97 Å². The van der Waals surface area contributed by atoms with Crippen molar-refractivity contribution in [3.05, 3.63) is 35.9 Å². The smallest absolute Gasteiger partial charge is 0.305 e. The molecule has 0 radical (unpaired) electrons. The second-order valence-corrected chi connectivity index (χ2v) is 8.87. The summed E-state index contributed by atoms with van der Waals surface area (Å²) in [7, 11) is 0. The van der Waals surface area contributed by atoms with E-state index in [-0.39, 0.29) is 30.1 Å². The zero-order chi connectivity index (χ0) is 23.6. The van der Waals surface area contributed by atoms with Crippen LogP contribution >= 0.6 is 0 Å². The molecular weight excluding hydrogens is 422 g/mol. The van der Waals surface area contributed by atoms with Crippen molar-refractivity contribution in [2.45, 2.75) is 45.1 Å². The molecule has 2 amide bonds. The van der Waals surface area contributed by atoms with E-state index in [2.05, 4.69) is 20.9 Å². The predicted octanol–water partition coefficient (Wildman–Crippen LogP) is 1.00. The first-order valence-corrected chi connectivity index (χ1v) is 11.8. The number of benzene rings is 1. The van der Waals surface area contributed by atoms with E-state index < -0.39 is 12.0 Å². The molecule has 1 saturated heterocycles. The van der Waals surface area contributed by atoms with E-state index in [1.54, 1.807) is 0 Å². The third-order valence-electron chi connectivity index (χ3n) is 6.24. The van der Waals surface area contributed by atoms with Crippen molar-refractivity contribution in [3.8, 4) is 0 Å². The number of aliphatic carboxylic acids is 1. The lowest BCUT2D eigenvalue weighted by molar-refractivity contribution is -0.140. The molecule has 0 bridgehead atoms. The largest absolute Gasteiger partial charge is 0.481 e. The number of carbonyl (C=O) groups is 3. The van der Waals surface area contributed by atoms with Crippen LogP contribution in [0.1, 0.15) is 38.2 Å². The van der Waals surface area contributed by atoms with Gasteiger partial charge in [-0.2, -0.15) is 0 Å². The van der Waals surface area contributed by atoms with Crippen molar-refractivity contribution in [1.82, 2.24) is 20.9 Å². The lowest BCUT2D eigenvalue weighted by atomic mass is 9.93. The van der Waals surface area contributed by atoms with Gasteiger partial charge in [-0.25, -0.2) is 0 Å². The van der Waals surface area contributed by atoms with Gasteiger partial charge in [0.1, 0.15) is 0 Å². The van der Waals surface area contributed by atoms with Crippen molar-refractivity contribution < 1.29 is 19.5 Å². The van der Waals surface area contributed by atoms with Crippen LogP contribution in [0, 0.1) is 11.8 Å². The number of aliphatic imine (C=N–C) groups is 1. The van der Waals surface area contributed by atoms with E-state index in [9.17, 15) is 19.5 Å². The molecule has 0 saturated carbocycles. The van der Waals surface area contributed by atoms with Gasteiger partial charge in [0.2, 0.25) is 11.8 Å². The van der Waals surface area contributed by atoms with Crippen LogP contribution in [0.15, 0.2) is 35.3 Å². The Morgan fingerprint density at radius 3 is 2.58 bits per heavy atom. The van der Waals surface area contributed by atoms with Gasteiger partial charge in [-0.05, 0) is 31.2 Å². The molecular formula is C24H35N5O4. The Hall–Kier alpha value is -3.10. The average Bonchev–Trinajstić information content (AvgIpc) is 3.32. The summed E-state index contributed by atoms with van der Waals surface area (Å²) in [5.74, 6) is -0.442. The summed E-state index contributed by atoms with van der Waals surface area (Å²) in [4.78, 5) is 43.0. The Kier molecular flexibility index (Phi) is 9.09. The molecule has 2 unspecified atom stereocenters. The maximum atomic E-state index is 12.8. The van der Waals surface area contributed by atoms with Gasteiger partial charge in [0.15, 0.2) is 5.96 Å². The number of carboxylic acids is 1. The number of carboxylic acid groups (broad SMARTS) is 1. The highest BCUT2D eigenvalue weighted by molar-refractivity contribution is 5.82. The third-order valence-corrected chi connectivity index (χ3v) is 6.24. The fraction of sp³-hybridized carbons (Fsp3) is 0.583. The van der Waals surface area contributed by atoms with Gasteiger partial charge in [-0.15, -0.1) is 0 Å². The molecule has 9 nitrogen and oxygen atoms in total. The van der Waals surface area contributed by atoms with E-state index in [1.165, 1.54) is 0 Å². The first-order valence-electron chi connectivity index (χ1n) is 11.8. The zero-order valence-corrected chi connectivity index (χ0v) is 19.3. The molecule has 3 rings (SSSR count). The van der Waals surface area contributed by atoms with Crippen LogP contribution in [0.25, 0.3) is 0 Å². The number of likely N-dealkylation sites (tertiary alicyclic amines) is 1. The van der Waals surface area contributed by atoms with Gasteiger partial charge in [-0.1, -0.05) is 37.3 Å². The van der Waals surface area contributed by atoms with Crippen molar-refractivity contribution >= 4 is 23.7 Å². The Labute approximate surface area is 195 Å². The summed E-state index contributed by atoms with van der Waals surface area (Å²) in [5.41, 5.74) is 0.990. The zero-order valence-electron chi connectivity index (χ0n) is 19.3. The van der Waals surface area contributed by atoms with Crippen molar-refractivity contribution in [1.29, 1.82) is 0 Å². The molecule has 0 aromatic heterocycles. The molecule has 4 N–H and O–H groups in total. The molecule has 1 fully saturated rings. The van der Waals surface area contributed by atoms with Crippen LogP contribution in [0.3, 0.4) is 0 Å². The van der Waals surface area contributed by atoms with Gasteiger partial charge in [-0.3, -0.25) is 19.4 Å². The highest BCUT2D eigenvalue weighted by atomic mass is 16.4. The Morgan fingerprint density at radius 1 is 1.21 bits per heavy atom. The van der Waals surface area contributed by atoms with Crippen LogP contribution in [-0.2, 0) is 20.8 Å². The molecule has 2 aliphatic rings. The Bertz CT molecular complexity index is 837. The highest BCUT2D eigenvalue weighted by Gasteiger charge is 2.30. The molecule has 2 heterocycles. The van der Waals surface area contributed by atoms with E-state index in [1.807, 2.05) is 42.2 Å². The van der Waals surface area contributed by atoms with Crippen LogP contribution in [0.5, 0.6) is 0 Å². The molecule has 2 aliphatic heterocycles. The van der Waals surface area contributed by atoms with Gasteiger partial charge in [0, 0.05) is 44.1 Å². The standard InChI is InChI=1S/C24H35N5O4/c1-17(7-10-25-24-26-11-12-27-24)23(33)29-13-8-19(9-14-29)22(32)28-20(16-21(30)31)15-18-5-3-2-4-6-18/h2-6,17,19-20H,7-16H2,1H3,(H,28,32)(H,30,31)(H2,25,26,27). The van der Waals surface area contributed by atoms with Crippen LogP contribution in [-0.4, -0.2) is 72.5 Å². The molecule has 9 heteroatoms. The summed E-state index contributed by atoms with van der Waals surface area (Å²) < 4.78 is 0. The highest BCUT2D eigenvalue weighted by Crippen LogP contribution is 2.20. The van der Waals surface area contributed by atoms with Gasteiger partial charge in [0.25, 0.3) is 0 Å². The minimum Gasteiger partial charge on any atom is -0.481 e. The Morgan fingerprint density at radius 2 is 1.94 bits per heavy atom. The number of piperidine rings is 1. The van der Waals surface area contributed by atoms with Crippen LogP contribution < -0.4 is 16.0 Å². The summed E-state index contributed by atoms with van der Waals surface area (Å²) in [6, 6.07) is 9.11. The van der Waals surface area contributed by atoms with Crippen molar-refractivity contribution in [2.75, 3.05) is 32.7 Å². The number of rotatable bonds is 10. The van der Waals surface area contributed by atoms with Gasteiger partial charge < -0.3 is 26.0 Å². The maximum Gasteiger partial charge on any atom is 0.305 e. The number of nitrogens with one attached hydrogen (secondary N) is 3. The summed E-state index contributed by atoms with van der Waals surface area (Å²) in [6.45, 7) is 5.35. The number of hydrogen-bond acceptors (Lipinski definition) is 6. The number of guanidine groups is 1. The second-order valence-electron chi connectivity index (χ2n) is 8.87. The van der Waals surface area contributed by atoms with Crippen LogP contribution in [0.2, 0.25) is 0 Å².